The number of nitrogens with zero attached hydrogens (tertiary/aromatic N) is 1. The minimum absolute atomic E-state index is 0.0639. The lowest BCUT2D eigenvalue weighted by Crippen LogP contribution is -2.33. The molecule has 1 aromatic carbocycles. The molecular weight excluding hydrogens is 278 g/mol. The Kier molecular flexibility index (Phi) is 4.41. The van der Waals surface area contributed by atoms with Crippen LogP contribution in [0.2, 0.25) is 0 Å². The second-order valence-corrected chi connectivity index (χ2v) is 6.33. The highest BCUT2D eigenvalue weighted by atomic mass is 32.2. The molecule has 1 heterocycles. The Morgan fingerprint density at radius 3 is 2.60 bits per heavy atom. The number of H-pyrrole nitrogens is 1. The van der Waals surface area contributed by atoms with Gasteiger partial charge in [-0.2, -0.15) is 5.10 Å². The molecule has 20 heavy (non-hydrogen) atoms. The molecule has 2 rings (SSSR count). The van der Waals surface area contributed by atoms with Crippen LogP contribution < -0.4 is 4.72 Å². The second kappa shape index (κ2) is 6.06. The molecule has 6 nitrogen and oxygen atoms in total. The van der Waals surface area contributed by atoms with Crippen LogP contribution in [0.4, 0.5) is 0 Å². The van der Waals surface area contributed by atoms with E-state index in [1.807, 2.05) is 19.1 Å². The summed E-state index contributed by atoms with van der Waals surface area (Å²) in [6.07, 6.45) is 2.79. The number of hydrogen-bond acceptors (Lipinski definition) is 4. The van der Waals surface area contributed by atoms with E-state index >= 15 is 0 Å². The molecule has 0 radical (unpaired) electrons. The van der Waals surface area contributed by atoms with Crippen molar-refractivity contribution < 1.29 is 13.5 Å². The lowest BCUT2D eigenvalue weighted by Gasteiger charge is -2.13. The van der Waals surface area contributed by atoms with Crippen molar-refractivity contribution in [2.24, 2.45) is 0 Å². The van der Waals surface area contributed by atoms with Gasteiger partial charge < -0.3 is 5.11 Å². The minimum Gasteiger partial charge on any atom is -0.508 e. The Morgan fingerprint density at radius 1 is 1.30 bits per heavy atom. The van der Waals surface area contributed by atoms with E-state index in [9.17, 15) is 13.5 Å². The summed E-state index contributed by atoms with van der Waals surface area (Å²) in [7, 11) is -3.54. The third kappa shape index (κ3) is 3.82. The highest BCUT2D eigenvalue weighted by Gasteiger charge is 2.18. The number of nitrogens with one attached hydrogen (secondary N) is 2. The standard InChI is InChI=1S/C13H17N3O3S/c1-10(2-3-11-4-6-12(17)7-5-11)16-20(18,19)13-8-9-14-15-13/h4-10,16-17H,2-3H2,1H3,(H,14,15). The first-order valence-corrected chi connectivity index (χ1v) is 7.75. The average molecular weight is 295 g/mol. The fourth-order valence-corrected chi connectivity index (χ4v) is 3.01. The quantitative estimate of drug-likeness (QED) is 0.751. The molecule has 0 fully saturated rings. The third-order valence-electron chi connectivity index (χ3n) is 2.92. The van der Waals surface area contributed by atoms with Crippen LogP contribution in [0.5, 0.6) is 5.75 Å². The Hall–Kier alpha value is -1.86. The molecule has 1 unspecified atom stereocenters. The van der Waals surface area contributed by atoms with Gasteiger partial charge in [-0.1, -0.05) is 12.1 Å². The molecule has 1 atom stereocenters. The number of sulfonamides is 1. The molecule has 1 aromatic heterocycles. The smallest absolute Gasteiger partial charge is 0.257 e. The first kappa shape index (κ1) is 14.5. The molecular formula is C13H17N3O3S. The van der Waals surface area contributed by atoms with Crippen LogP contribution >= 0.6 is 0 Å². The van der Waals surface area contributed by atoms with Crippen molar-refractivity contribution in [3.63, 3.8) is 0 Å². The van der Waals surface area contributed by atoms with Crippen molar-refractivity contribution in [2.45, 2.75) is 30.8 Å². The number of phenols is 1. The molecule has 2 aromatic rings. The summed E-state index contributed by atoms with van der Waals surface area (Å²) in [6, 6.07) is 8.10. The van der Waals surface area contributed by atoms with E-state index in [1.54, 1.807) is 12.1 Å². The van der Waals surface area contributed by atoms with E-state index in [1.165, 1.54) is 12.3 Å². The number of rotatable bonds is 6. The molecule has 0 spiro atoms. The summed E-state index contributed by atoms with van der Waals surface area (Å²) in [4.78, 5) is 0. The SMILES string of the molecule is CC(CCc1ccc(O)cc1)NS(=O)(=O)c1ccn[nH]1. The Morgan fingerprint density at radius 2 is 2.00 bits per heavy atom. The largest absolute Gasteiger partial charge is 0.508 e. The van der Waals surface area contributed by atoms with Crippen LogP contribution in [-0.4, -0.2) is 29.8 Å². The topological polar surface area (TPSA) is 95.1 Å². The van der Waals surface area contributed by atoms with Gasteiger partial charge in [0.1, 0.15) is 5.75 Å². The van der Waals surface area contributed by atoms with Gasteiger partial charge >= 0.3 is 0 Å². The van der Waals surface area contributed by atoms with Crippen molar-refractivity contribution in [1.82, 2.24) is 14.9 Å². The summed E-state index contributed by atoms with van der Waals surface area (Å²) in [6.45, 7) is 1.81. The summed E-state index contributed by atoms with van der Waals surface area (Å²) >= 11 is 0. The van der Waals surface area contributed by atoms with E-state index in [0.29, 0.717) is 6.42 Å². The average Bonchev–Trinajstić information content (AvgIpc) is 2.92. The highest BCUT2D eigenvalue weighted by Crippen LogP contribution is 2.12. The Bertz CT molecular complexity index is 636. The maximum absolute atomic E-state index is 11.9. The summed E-state index contributed by atoms with van der Waals surface area (Å²) in [5.41, 5.74) is 1.05. The fourth-order valence-electron chi connectivity index (χ4n) is 1.83. The van der Waals surface area contributed by atoms with E-state index in [-0.39, 0.29) is 16.8 Å². The van der Waals surface area contributed by atoms with Crippen LogP contribution in [0.15, 0.2) is 41.6 Å². The Labute approximate surface area is 117 Å². The van der Waals surface area contributed by atoms with E-state index in [0.717, 1.165) is 12.0 Å². The molecule has 0 bridgehead atoms. The van der Waals surface area contributed by atoms with Crippen molar-refractivity contribution >= 4 is 10.0 Å². The minimum atomic E-state index is -3.54. The van der Waals surface area contributed by atoms with Gasteiger partial charge in [-0.15, -0.1) is 0 Å². The lowest BCUT2D eigenvalue weighted by atomic mass is 10.1. The molecule has 3 N–H and O–H groups in total. The van der Waals surface area contributed by atoms with Crippen LogP contribution in [0.3, 0.4) is 0 Å². The molecule has 0 aliphatic carbocycles. The number of hydrogen-bond donors (Lipinski definition) is 3. The first-order valence-electron chi connectivity index (χ1n) is 6.27. The van der Waals surface area contributed by atoms with Crippen LogP contribution in [0, 0.1) is 0 Å². The molecule has 0 aliphatic rings. The zero-order valence-corrected chi connectivity index (χ0v) is 11.9. The first-order chi connectivity index (χ1) is 9.47. The van der Waals surface area contributed by atoms with Crippen molar-refractivity contribution in [3.8, 4) is 5.75 Å². The molecule has 0 saturated carbocycles. The number of phenolic OH excluding ortho intramolecular Hbond substituents is 1. The van der Waals surface area contributed by atoms with E-state index < -0.39 is 10.0 Å². The predicted octanol–water partition coefficient (Wildman–Crippen LogP) is 1.41. The zero-order chi connectivity index (χ0) is 14.6. The predicted molar refractivity (Wildman–Crippen MR) is 74.8 cm³/mol. The molecule has 108 valence electrons. The third-order valence-corrected chi connectivity index (χ3v) is 4.44. The number of aryl methyl sites for hydroxylation is 1. The Balaban J connectivity index is 1.90. The fraction of sp³-hybridized carbons (Fsp3) is 0.308. The summed E-state index contributed by atoms with van der Waals surface area (Å²) in [5.74, 6) is 0.224. The number of aromatic hydroxyl groups is 1. The molecule has 0 aliphatic heterocycles. The van der Waals surface area contributed by atoms with E-state index in [4.69, 9.17) is 0 Å². The van der Waals surface area contributed by atoms with Crippen LogP contribution in [0.25, 0.3) is 0 Å². The van der Waals surface area contributed by atoms with Gasteiger partial charge in [-0.05, 0) is 43.5 Å². The highest BCUT2D eigenvalue weighted by molar-refractivity contribution is 7.89. The monoisotopic (exact) mass is 295 g/mol. The van der Waals surface area contributed by atoms with Gasteiger partial charge in [-0.25, -0.2) is 13.1 Å². The van der Waals surface area contributed by atoms with Crippen molar-refractivity contribution in [2.75, 3.05) is 0 Å². The van der Waals surface area contributed by atoms with Gasteiger partial charge in [0, 0.05) is 6.04 Å². The number of benzene rings is 1. The normalized spacial score (nSPS) is 13.2. The van der Waals surface area contributed by atoms with E-state index in [2.05, 4.69) is 14.9 Å². The maximum atomic E-state index is 11.9. The molecule has 0 saturated heterocycles. The number of aromatic nitrogens is 2. The summed E-state index contributed by atoms with van der Waals surface area (Å²) < 4.78 is 26.5. The van der Waals surface area contributed by atoms with Crippen LogP contribution in [0.1, 0.15) is 18.9 Å². The van der Waals surface area contributed by atoms with Gasteiger partial charge in [0.05, 0.1) is 6.20 Å². The van der Waals surface area contributed by atoms with Crippen LogP contribution in [-0.2, 0) is 16.4 Å². The van der Waals surface area contributed by atoms with Gasteiger partial charge in [0.2, 0.25) is 0 Å². The van der Waals surface area contributed by atoms with Gasteiger partial charge in [0.15, 0.2) is 5.03 Å². The van der Waals surface area contributed by atoms with Crippen molar-refractivity contribution in [3.05, 3.63) is 42.1 Å². The lowest BCUT2D eigenvalue weighted by molar-refractivity contribution is 0.475. The second-order valence-electron chi connectivity index (χ2n) is 4.65. The number of aromatic amines is 1. The molecule has 7 heteroatoms. The van der Waals surface area contributed by atoms with Gasteiger partial charge in [0.25, 0.3) is 10.0 Å². The van der Waals surface area contributed by atoms with Gasteiger partial charge in [-0.3, -0.25) is 5.10 Å². The zero-order valence-electron chi connectivity index (χ0n) is 11.1. The summed E-state index contributed by atoms with van der Waals surface area (Å²) in [5, 5.41) is 15.3. The molecule has 0 amide bonds. The van der Waals surface area contributed by atoms with Crippen molar-refractivity contribution in [1.29, 1.82) is 0 Å². The maximum Gasteiger partial charge on any atom is 0.257 e.